The Morgan fingerprint density at radius 1 is 1.31 bits per heavy atom. The fourth-order valence-electron chi connectivity index (χ4n) is 1.42. The molecule has 0 amide bonds. The van der Waals surface area contributed by atoms with E-state index < -0.39 is 0 Å². The van der Waals surface area contributed by atoms with Gasteiger partial charge in [-0.3, -0.25) is 0 Å². The summed E-state index contributed by atoms with van der Waals surface area (Å²) in [5.74, 6) is 0.962. The van der Waals surface area contributed by atoms with Crippen molar-refractivity contribution in [3.8, 4) is 5.75 Å². The maximum absolute atomic E-state index is 5.27. The van der Waals surface area contributed by atoms with Gasteiger partial charge in [0.1, 0.15) is 5.75 Å². The quantitative estimate of drug-likeness (QED) is 0.847. The van der Waals surface area contributed by atoms with Gasteiger partial charge in [-0.2, -0.15) is 0 Å². The lowest BCUT2D eigenvalue weighted by atomic mass is 10.3. The lowest BCUT2D eigenvalue weighted by Gasteiger charge is -2.08. The molecule has 1 aromatic heterocycles. The van der Waals surface area contributed by atoms with Crippen LogP contribution in [-0.4, -0.2) is 7.11 Å². The second-order valence-electron chi connectivity index (χ2n) is 3.25. The smallest absolute Gasteiger partial charge is 0.134 e. The summed E-state index contributed by atoms with van der Waals surface area (Å²) in [6, 6.07) is 10.3. The molecule has 84 valence electrons. The molecule has 0 atom stereocenters. The van der Waals surface area contributed by atoms with Gasteiger partial charge in [0, 0.05) is 9.26 Å². The summed E-state index contributed by atoms with van der Waals surface area (Å²) in [4.78, 5) is 1.22. The highest BCUT2D eigenvalue weighted by Gasteiger charge is 2.04. The molecule has 2 rings (SSSR count). The maximum Gasteiger partial charge on any atom is 0.134 e. The number of halogens is 1. The number of ether oxygens (including phenoxy) is 1. The Balaban J connectivity index is 2.05. The highest BCUT2D eigenvalue weighted by Crippen LogP contribution is 2.26. The standard InChI is InChI=1S/C12H12INOS/c1-15-11-6-7-16-12(11)8-14-10-5-3-2-4-9(10)13/h2-7,14H,8H2,1H3. The number of anilines is 1. The van der Waals surface area contributed by atoms with E-state index in [2.05, 4.69) is 40.0 Å². The van der Waals surface area contributed by atoms with E-state index in [1.54, 1.807) is 18.4 Å². The number of methoxy groups -OCH3 is 1. The van der Waals surface area contributed by atoms with E-state index >= 15 is 0 Å². The molecule has 2 nitrogen and oxygen atoms in total. The Morgan fingerprint density at radius 3 is 2.88 bits per heavy atom. The zero-order valence-electron chi connectivity index (χ0n) is 8.87. The SMILES string of the molecule is COc1ccsc1CNc1ccccc1I. The number of rotatable bonds is 4. The third-order valence-corrected chi connectivity index (χ3v) is 4.08. The Labute approximate surface area is 113 Å². The van der Waals surface area contributed by atoms with Gasteiger partial charge in [0.2, 0.25) is 0 Å². The van der Waals surface area contributed by atoms with Crippen molar-refractivity contribution in [2.24, 2.45) is 0 Å². The number of hydrogen-bond acceptors (Lipinski definition) is 3. The van der Waals surface area contributed by atoms with E-state index in [1.807, 2.05) is 23.6 Å². The molecule has 1 aromatic carbocycles. The highest BCUT2D eigenvalue weighted by atomic mass is 127. The second-order valence-corrected chi connectivity index (χ2v) is 5.41. The van der Waals surface area contributed by atoms with Crippen molar-refractivity contribution in [2.75, 3.05) is 12.4 Å². The monoisotopic (exact) mass is 345 g/mol. The normalized spacial score (nSPS) is 10.1. The molecular formula is C12H12INOS. The van der Waals surface area contributed by atoms with Crippen LogP contribution in [0.25, 0.3) is 0 Å². The van der Waals surface area contributed by atoms with Crippen molar-refractivity contribution in [1.82, 2.24) is 0 Å². The summed E-state index contributed by atoms with van der Waals surface area (Å²) in [6.45, 7) is 0.806. The molecule has 1 N–H and O–H groups in total. The van der Waals surface area contributed by atoms with Gasteiger partial charge in [-0.25, -0.2) is 0 Å². The summed E-state index contributed by atoms with van der Waals surface area (Å²) in [7, 11) is 1.71. The first-order valence-corrected chi connectivity index (χ1v) is 6.86. The molecule has 0 aliphatic heterocycles. The van der Waals surface area contributed by atoms with Crippen LogP contribution in [0.4, 0.5) is 5.69 Å². The first-order chi connectivity index (χ1) is 7.81. The van der Waals surface area contributed by atoms with E-state index in [-0.39, 0.29) is 0 Å². The zero-order chi connectivity index (χ0) is 11.4. The zero-order valence-corrected chi connectivity index (χ0v) is 11.8. The molecule has 0 unspecified atom stereocenters. The molecular weight excluding hydrogens is 333 g/mol. The summed E-state index contributed by atoms with van der Waals surface area (Å²) in [6.07, 6.45) is 0. The molecule has 16 heavy (non-hydrogen) atoms. The van der Waals surface area contributed by atoms with Gasteiger partial charge >= 0.3 is 0 Å². The average Bonchev–Trinajstić information content (AvgIpc) is 2.75. The number of nitrogens with one attached hydrogen (secondary N) is 1. The van der Waals surface area contributed by atoms with Crippen molar-refractivity contribution in [3.05, 3.63) is 44.2 Å². The van der Waals surface area contributed by atoms with Crippen LogP contribution in [0.3, 0.4) is 0 Å². The van der Waals surface area contributed by atoms with Crippen LogP contribution in [-0.2, 0) is 6.54 Å². The molecule has 0 radical (unpaired) electrons. The maximum atomic E-state index is 5.27. The minimum Gasteiger partial charge on any atom is -0.496 e. The predicted molar refractivity (Wildman–Crippen MR) is 77.4 cm³/mol. The first kappa shape index (κ1) is 11.7. The van der Waals surface area contributed by atoms with Crippen LogP contribution in [0.15, 0.2) is 35.7 Å². The lowest BCUT2D eigenvalue weighted by molar-refractivity contribution is 0.413. The van der Waals surface area contributed by atoms with Gasteiger partial charge in [-0.05, 0) is 46.2 Å². The van der Waals surface area contributed by atoms with Gasteiger partial charge in [-0.15, -0.1) is 11.3 Å². The van der Waals surface area contributed by atoms with E-state index in [4.69, 9.17) is 4.74 Å². The first-order valence-electron chi connectivity index (χ1n) is 4.90. The minimum atomic E-state index is 0.806. The molecule has 0 bridgehead atoms. The van der Waals surface area contributed by atoms with E-state index in [0.29, 0.717) is 0 Å². The molecule has 0 aliphatic rings. The van der Waals surface area contributed by atoms with Crippen molar-refractivity contribution in [3.63, 3.8) is 0 Å². The summed E-state index contributed by atoms with van der Waals surface area (Å²) in [5.41, 5.74) is 1.17. The van der Waals surface area contributed by atoms with Gasteiger partial charge in [0.05, 0.1) is 18.5 Å². The molecule has 0 aliphatic carbocycles. The van der Waals surface area contributed by atoms with Gasteiger partial charge in [0.15, 0.2) is 0 Å². The average molecular weight is 345 g/mol. The largest absolute Gasteiger partial charge is 0.496 e. The van der Waals surface area contributed by atoms with Gasteiger partial charge in [0.25, 0.3) is 0 Å². The molecule has 0 fully saturated rings. The number of para-hydroxylation sites is 1. The molecule has 0 saturated carbocycles. The van der Waals surface area contributed by atoms with Crippen molar-refractivity contribution in [2.45, 2.75) is 6.54 Å². The Kier molecular flexibility index (Phi) is 4.06. The van der Waals surface area contributed by atoms with Crippen LogP contribution < -0.4 is 10.1 Å². The Hall–Kier alpha value is -0.750. The van der Waals surface area contributed by atoms with Gasteiger partial charge < -0.3 is 10.1 Å². The summed E-state index contributed by atoms with van der Waals surface area (Å²) in [5, 5.41) is 5.46. The predicted octanol–water partition coefficient (Wildman–Crippen LogP) is 3.97. The van der Waals surface area contributed by atoms with Crippen LogP contribution >= 0.6 is 33.9 Å². The third kappa shape index (κ3) is 2.68. The molecule has 4 heteroatoms. The van der Waals surface area contributed by atoms with E-state index in [9.17, 15) is 0 Å². The third-order valence-electron chi connectivity index (χ3n) is 2.24. The summed E-state index contributed by atoms with van der Waals surface area (Å²) < 4.78 is 6.50. The summed E-state index contributed by atoms with van der Waals surface area (Å²) >= 11 is 4.04. The van der Waals surface area contributed by atoms with Crippen molar-refractivity contribution >= 4 is 39.6 Å². The van der Waals surface area contributed by atoms with Crippen LogP contribution in [0.2, 0.25) is 0 Å². The molecule has 2 aromatic rings. The number of thiophene rings is 1. The van der Waals surface area contributed by atoms with Crippen LogP contribution in [0, 0.1) is 3.57 Å². The fraction of sp³-hybridized carbons (Fsp3) is 0.167. The minimum absolute atomic E-state index is 0.806. The fourth-order valence-corrected chi connectivity index (χ4v) is 2.78. The number of benzene rings is 1. The molecule has 0 spiro atoms. The van der Waals surface area contributed by atoms with Crippen molar-refractivity contribution in [1.29, 1.82) is 0 Å². The highest BCUT2D eigenvalue weighted by molar-refractivity contribution is 14.1. The molecule has 0 saturated heterocycles. The lowest BCUT2D eigenvalue weighted by Crippen LogP contribution is -2.00. The number of hydrogen-bond donors (Lipinski definition) is 1. The van der Waals surface area contributed by atoms with Crippen LogP contribution in [0.5, 0.6) is 5.75 Å². The van der Waals surface area contributed by atoms with Crippen LogP contribution in [0.1, 0.15) is 4.88 Å². The van der Waals surface area contributed by atoms with E-state index in [1.165, 1.54) is 14.1 Å². The molecule has 1 heterocycles. The van der Waals surface area contributed by atoms with Gasteiger partial charge in [-0.1, -0.05) is 12.1 Å². The van der Waals surface area contributed by atoms with Crippen molar-refractivity contribution < 1.29 is 4.74 Å². The van der Waals surface area contributed by atoms with E-state index in [0.717, 1.165) is 12.3 Å². The topological polar surface area (TPSA) is 21.3 Å². The second kappa shape index (κ2) is 5.54. The Bertz CT molecular complexity index is 470. The Morgan fingerprint density at radius 2 is 2.12 bits per heavy atom.